The van der Waals surface area contributed by atoms with Gasteiger partial charge in [-0.2, -0.15) is 0 Å². The van der Waals surface area contributed by atoms with Crippen LogP contribution in [-0.2, 0) is 11.4 Å². The van der Waals surface area contributed by atoms with E-state index < -0.39 is 5.97 Å². The number of carboxylic acids is 1. The number of rotatable bonds is 10. The number of aromatic nitrogens is 1. The molecule has 0 spiro atoms. The molecule has 0 saturated heterocycles. The zero-order chi connectivity index (χ0) is 18.1. The molecule has 0 unspecified atom stereocenters. The molecular weight excluding hydrogens is 364 g/mol. The molecule has 1 aromatic carbocycles. The van der Waals surface area contributed by atoms with Crippen molar-refractivity contribution in [3.05, 3.63) is 40.3 Å². The number of thioether (sulfide) groups is 1. The van der Waals surface area contributed by atoms with E-state index in [4.69, 9.17) is 14.6 Å². The van der Waals surface area contributed by atoms with Crippen molar-refractivity contribution in [3.63, 3.8) is 0 Å². The van der Waals surface area contributed by atoms with E-state index >= 15 is 0 Å². The van der Waals surface area contributed by atoms with Crippen LogP contribution in [0.2, 0.25) is 0 Å². The van der Waals surface area contributed by atoms with Crippen LogP contribution < -0.4 is 14.8 Å². The maximum Gasteiger partial charge on any atom is 0.313 e. The second-order valence-electron chi connectivity index (χ2n) is 4.84. The van der Waals surface area contributed by atoms with Gasteiger partial charge in [-0.25, -0.2) is 4.98 Å². The van der Waals surface area contributed by atoms with Crippen molar-refractivity contribution in [1.29, 1.82) is 0 Å². The summed E-state index contributed by atoms with van der Waals surface area (Å²) in [5.41, 5.74) is 3.01. The average Bonchev–Trinajstić information content (AvgIpc) is 3.12. The molecule has 0 atom stereocenters. The van der Waals surface area contributed by atoms with Gasteiger partial charge in [-0.05, 0) is 18.2 Å². The molecule has 0 aliphatic heterocycles. The number of methoxy groups -OCH3 is 1. The van der Waals surface area contributed by atoms with Gasteiger partial charge in [0.15, 0.2) is 11.5 Å². The van der Waals surface area contributed by atoms with Crippen molar-refractivity contribution < 1.29 is 24.2 Å². The third kappa shape index (κ3) is 6.28. The van der Waals surface area contributed by atoms with Gasteiger partial charge in [0.2, 0.25) is 0 Å². The van der Waals surface area contributed by atoms with Gasteiger partial charge in [0, 0.05) is 23.2 Å². The van der Waals surface area contributed by atoms with Gasteiger partial charge in [0.1, 0.15) is 6.61 Å². The van der Waals surface area contributed by atoms with Gasteiger partial charge in [-0.15, -0.1) is 23.1 Å². The molecular formula is C16H18N2O5S2. The SMILES string of the molecule is COc1cc(C(=O)NCCSCC(=O)O)ccc1OCc1cscn1. The Morgan fingerprint density at radius 2 is 2.20 bits per heavy atom. The maximum absolute atomic E-state index is 12.1. The lowest BCUT2D eigenvalue weighted by atomic mass is 10.2. The van der Waals surface area contributed by atoms with Crippen LogP contribution in [0.1, 0.15) is 16.1 Å². The Kier molecular flexibility index (Phi) is 7.55. The van der Waals surface area contributed by atoms with E-state index in [1.165, 1.54) is 30.2 Å². The molecule has 2 rings (SSSR count). The second-order valence-corrected chi connectivity index (χ2v) is 6.66. The van der Waals surface area contributed by atoms with Crippen molar-refractivity contribution in [1.82, 2.24) is 10.3 Å². The summed E-state index contributed by atoms with van der Waals surface area (Å²) in [6.07, 6.45) is 0. The van der Waals surface area contributed by atoms with Crippen molar-refractivity contribution in [3.8, 4) is 11.5 Å². The summed E-state index contributed by atoms with van der Waals surface area (Å²) in [6, 6.07) is 4.94. The Balaban J connectivity index is 1.88. The molecule has 2 N–H and O–H groups in total. The van der Waals surface area contributed by atoms with Crippen LogP contribution >= 0.6 is 23.1 Å². The molecule has 1 aromatic heterocycles. The first-order valence-electron chi connectivity index (χ1n) is 7.35. The Hall–Kier alpha value is -2.26. The highest BCUT2D eigenvalue weighted by Gasteiger charge is 2.11. The molecule has 9 heteroatoms. The molecule has 1 heterocycles. The monoisotopic (exact) mass is 382 g/mol. The number of thiazole rings is 1. The summed E-state index contributed by atoms with van der Waals surface area (Å²) in [5.74, 6) is 0.431. The molecule has 25 heavy (non-hydrogen) atoms. The summed E-state index contributed by atoms with van der Waals surface area (Å²) < 4.78 is 11.0. The van der Waals surface area contributed by atoms with Gasteiger partial charge in [0.25, 0.3) is 5.91 Å². The lowest BCUT2D eigenvalue weighted by Crippen LogP contribution is -2.26. The minimum atomic E-state index is -0.866. The van der Waals surface area contributed by atoms with E-state index in [-0.39, 0.29) is 11.7 Å². The summed E-state index contributed by atoms with van der Waals surface area (Å²) in [6.45, 7) is 0.716. The van der Waals surface area contributed by atoms with E-state index in [0.29, 0.717) is 36.0 Å². The standard InChI is InChI=1S/C16H18N2O5S2/c1-22-14-6-11(16(21)17-4-5-24-9-15(19)20)2-3-13(14)23-7-12-8-25-10-18-12/h2-3,6,8,10H,4-5,7,9H2,1H3,(H,17,21)(H,19,20). The molecule has 7 nitrogen and oxygen atoms in total. The lowest BCUT2D eigenvalue weighted by Gasteiger charge is -2.11. The van der Waals surface area contributed by atoms with Gasteiger partial charge in [-0.3, -0.25) is 9.59 Å². The van der Waals surface area contributed by atoms with Crippen LogP contribution in [0.4, 0.5) is 0 Å². The molecule has 134 valence electrons. The normalized spacial score (nSPS) is 10.3. The average molecular weight is 382 g/mol. The Morgan fingerprint density at radius 1 is 1.36 bits per heavy atom. The fraction of sp³-hybridized carbons (Fsp3) is 0.312. The largest absolute Gasteiger partial charge is 0.493 e. The van der Waals surface area contributed by atoms with Gasteiger partial charge in [0.05, 0.1) is 24.1 Å². The number of carbonyl (C=O) groups excluding carboxylic acids is 1. The van der Waals surface area contributed by atoms with Crippen LogP contribution in [0.5, 0.6) is 11.5 Å². The molecule has 2 aromatic rings. The molecule has 0 aliphatic carbocycles. The zero-order valence-electron chi connectivity index (χ0n) is 13.6. The Bertz CT molecular complexity index is 707. The van der Waals surface area contributed by atoms with Crippen LogP contribution in [0, 0.1) is 0 Å². The highest BCUT2D eigenvalue weighted by molar-refractivity contribution is 7.99. The number of benzene rings is 1. The highest BCUT2D eigenvalue weighted by Crippen LogP contribution is 2.28. The smallest absolute Gasteiger partial charge is 0.313 e. The molecule has 0 saturated carbocycles. The fourth-order valence-corrected chi connectivity index (χ4v) is 3.00. The number of hydrogen-bond donors (Lipinski definition) is 2. The zero-order valence-corrected chi connectivity index (χ0v) is 15.2. The third-order valence-corrected chi connectivity index (χ3v) is 4.62. The number of nitrogens with zero attached hydrogens (tertiary/aromatic N) is 1. The maximum atomic E-state index is 12.1. The van der Waals surface area contributed by atoms with Crippen LogP contribution in [0.15, 0.2) is 29.1 Å². The number of hydrogen-bond acceptors (Lipinski definition) is 7. The quantitative estimate of drug-likeness (QED) is 0.608. The minimum absolute atomic E-state index is 0.0225. The summed E-state index contributed by atoms with van der Waals surface area (Å²) in [5, 5.41) is 13.2. The van der Waals surface area contributed by atoms with Crippen LogP contribution in [0.3, 0.4) is 0 Å². The number of carboxylic acid groups (broad SMARTS) is 1. The molecule has 0 fully saturated rings. The number of nitrogens with one attached hydrogen (secondary N) is 1. The summed E-state index contributed by atoms with van der Waals surface area (Å²) in [4.78, 5) is 26.7. The molecule has 0 radical (unpaired) electrons. The Labute approximate surface area is 153 Å². The van der Waals surface area contributed by atoms with E-state index in [1.54, 1.807) is 23.7 Å². The number of amides is 1. The molecule has 1 amide bonds. The predicted molar refractivity (Wildman–Crippen MR) is 96.7 cm³/mol. The molecule has 0 aliphatic rings. The van der Waals surface area contributed by atoms with E-state index in [9.17, 15) is 9.59 Å². The van der Waals surface area contributed by atoms with Gasteiger partial charge >= 0.3 is 5.97 Å². The van der Waals surface area contributed by atoms with Gasteiger partial charge < -0.3 is 19.9 Å². The third-order valence-electron chi connectivity index (χ3n) is 3.04. The Morgan fingerprint density at radius 3 is 2.88 bits per heavy atom. The van der Waals surface area contributed by atoms with Crippen LogP contribution in [0.25, 0.3) is 0 Å². The first kappa shape index (κ1) is 19.1. The van der Waals surface area contributed by atoms with Crippen molar-refractivity contribution in [2.75, 3.05) is 25.2 Å². The second kappa shape index (κ2) is 9.90. The number of carbonyl (C=O) groups is 2. The van der Waals surface area contributed by atoms with Crippen molar-refractivity contribution >= 4 is 35.0 Å². The summed E-state index contributed by atoms with van der Waals surface area (Å²) >= 11 is 2.74. The number of ether oxygens (including phenoxy) is 2. The van der Waals surface area contributed by atoms with Crippen molar-refractivity contribution in [2.24, 2.45) is 0 Å². The minimum Gasteiger partial charge on any atom is -0.493 e. The number of aliphatic carboxylic acids is 1. The van der Waals surface area contributed by atoms with E-state index in [2.05, 4.69) is 10.3 Å². The first-order valence-corrected chi connectivity index (χ1v) is 9.45. The first-order chi connectivity index (χ1) is 12.1. The van der Waals surface area contributed by atoms with Gasteiger partial charge in [-0.1, -0.05) is 0 Å². The highest BCUT2D eigenvalue weighted by atomic mass is 32.2. The van der Waals surface area contributed by atoms with Crippen molar-refractivity contribution in [2.45, 2.75) is 6.61 Å². The fourth-order valence-electron chi connectivity index (χ4n) is 1.89. The predicted octanol–water partition coefficient (Wildman–Crippen LogP) is 2.28. The topological polar surface area (TPSA) is 97.8 Å². The molecule has 0 bridgehead atoms. The lowest BCUT2D eigenvalue weighted by molar-refractivity contribution is -0.133. The van der Waals surface area contributed by atoms with E-state index in [1.807, 2.05) is 5.38 Å². The van der Waals surface area contributed by atoms with Crippen LogP contribution in [-0.4, -0.2) is 47.1 Å². The summed E-state index contributed by atoms with van der Waals surface area (Å²) in [7, 11) is 1.51. The van der Waals surface area contributed by atoms with E-state index in [0.717, 1.165) is 5.69 Å².